The number of furan rings is 1. The highest BCUT2D eigenvalue weighted by atomic mass is 32.1. The first kappa shape index (κ1) is 15.8. The third-order valence-corrected chi connectivity index (χ3v) is 4.88. The van der Waals surface area contributed by atoms with Gasteiger partial charge < -0.3 is 15.1 Å². The molecule has 2 N–H and O–H groups in total. The van der Waals surface area contributed by atoms with E-state index in [1.807, 2.05) is 29.6 Å². The fourth-order valence-corrected chi connectivity index (χ4v) is 3.46. The van der Waals surface area contributed by atoms with Crippen molar-refractivity contribution in [1.82, 2.24) is 10.6 Å². The molecule has 0 atom stereocenters. The SMILES string of the molecule is O=C(NCc1ccc(-c2cccs2)o1)C(=O)NC1CCCCC1. The third-order valence-electron chi connectivity index (χ3n) is 4.00. The van der Waals surface area contributed by atoms with Crippen LogP contribution in [0.5, 0.6) is 0 Å². The molecular formula is C17H20N2O3S. The van der Waals surface area contributed by atoms with Gasteiger partial charge in [-0.15, -0.1) is 11.3 Å². The van der Waals surface area contributed by atoms with Gasteiger partial charge in [0, 0.05) is 6.04 Å². The Balaban J connectivity index is 1.47. The molecule has 3 rings (SSSR count). The van der Waals surface area contributed by atoms with Crippen LogP contribution >= 0.6 is 11.3 Å². The van der Waals surface area contributed by atoms with Crippen LogP contribution in [0.1, 0.15) is 37.9 Å². The van der Waals surface area contributed by atoms with Gasteiger partial charge in [-0.2, -0.15) is 0 Å². The average Bonchev–Trinajstić information content (AvgIpc) is 3.24. The van der Waals surface area contributed by atoms with Crippen LogP contribution in [0.4, 0.5) is 0 Å². The molecule has 1 aliphatic rings. The highest BCUT2D eigenvalue weighted by molar-refractivity contribution is 7.13. The summed E-state index contributed by atoms with van der Waals surface area (Å²) in [4.78, 5) is 24.8. The molecule has 0 saturated heterocycles. The van der Waals surface area contributed by atoms with Gasteiger partial charge in [-0.3, -0.25) is 9.59 Å². The van der Waals surface area contributed by atoms with Crippen molar-refractivity contribution in [3.05, 3.63) is 35.4 Å². The summed E-state index contributed by atoms with van der Waals surface area (Å²) in [5.41, 5.74) is 0. The molecule has 1 fully saturated rings. The molecule has 0 unspecified atom stereocenters. The highest BCUT2D eigenvalue weighted by Crippen LogP contribution is 2.26. The Labute approximate surface area is 139 Å². The Morgan fingerprint density at radius 2 is 1.96 bits per heavy atom. The van der Waals surface area contributed by atoms with Crippen molar-refractivity contribution in [1.29, 1.82) is 0 Å². The minimum atomic E-state index is -0.607. The standard InChI is InChI=1S/C17H20N2O3S/c20-16(17(21)19-12-5-2-1-3-6-12)18-11-13-8-9-14(22-13)15-7-4-10-23-15/h4,7-10,12H,1-3,5-6,11H2,(H,18,20)(H,19,21). The Bertz CT molecular complexity index is 657. The van der Waals surface area contributed by atoms with Gasteiger partial charge in [0.15, 0.2) is 0 Å². The van der Waals surface area contributed by atoms with Gasteiger partial charge in [-0.05, 0) is 36.4 Å². The monoisotopic (exact) mass is 332 g/mol. The second-order valence-corrected chi connectivity index (χ2v) is 6.68. The number of hydrogen-bond donors (Lipinski definition) is 2. The predicted molar refractivity (Wildman–Crippen MR) is 88.9 cm³/mol. The molecule has 1 aliphatic carbocycles. The summed E-state index contributed by atoms with van der Waals surface area (Å²) >= 11 is 1.59. The maximum atomic E-state index is 11.9. The first-order chi connectivity index (χ1) is 11.2. The lowest BCUT2D eigenvalue weighted by Gasteiger charge is -2.22. The number of rotatable bonds is 4. The van der Waals surface area contributed by atoms with E-state index in [1.165, 1.54) is 6.42 Å². The van der Waals surface area contributed by atoms with Gasteiger partial charge in [-0.1, -0.05) is 25.3 Å². The molecule has 0 aromatic carbocycles. The normalized spacial score (nSPS) is 15.3. The van der Waals surface area contributed by atoms with Crippen LogP contribution in [-0.4, -0.2) is 17.9 Å². The van der Waals surface area contributed by atoms with Crippen molar-refractivity contribution in [3.8, 4) is 10.6 Å². The zero-order chi connectivity index (χ0) is 16.1. The van der Waals surface area contributed by atoms with E-state index in [-0.39, 0.29) is 12.6 Å². The van der Waals surface area contributed by atoms with Gasteiger partial charge in [0.1, 0.15) is 11.5 Å². The summed E-state index contributed by atoms with van der Waals surface area (Å²) < 4.78 is 5.67. The minimum absolute atomic E-state index is 0.135. The van der Waals surface area contributed by atoms with E-state index in [4.69, 9.17) is 4.42 Å². The van der Waals surface area contributed by atoms with Gasteiger partial charge in [0.05, 0.1) is 11.4 Å². The quantitative estimate of drug-likeness (QED) is 0.845. The number of amides is 2. The van der Waals surface area contributed by atoms with Crippen molar-refractivity contribution >= 4 is 23.2 Å². The predicted octanol–water partition coefficient (Wildman–Crippen LogP) is 3.07. The second kappa shape index (κ2) is 7.46. The van der Waals surface area contributed by atoms with Crippen molar-refractivity contribution < 1.29 is 14.0 Å². The van der Waals surface area contributed by atoms with Crippen LogP contribution in [0.15, 0.2) is 34.1 Å². The molecule has 2 aromatic heterocycles. The maximum Gasteiger partial charge on any atom is 0.309 e. The zero-order valence-electron chi connectivity index (χ0n) is 12.8. The van der Waals surface area contributed by atoms with Crippen molar-refractivity contribution in [2.45, 2.75) is 44.7 Å². The van der Waals surface area contributed by atoms with Crippen LogP contribution in [0.2, 0.25) is 0 Å². The summed E-state index contributed by atoms with van der Waals surface area (Å²) in [6.45, 7) is 0.211. The number of carbonyl (C=O) groups is 2. The van der Waals surface area contributed by atoms with E-state index >= 15 is 0 Å². The van der Waals surface area contributed by atoms with E-state index in [0.29, 0.717) is 5.76 Å². The second-order valence-electron chi connectivity index (χ2n) is 5.73. The molecule has 0 spiro atoms. The molecule has 122 valence electrons. The van der Waals surface area contributed by atoms with Gasteiger partial charge in [0.2, 0.25) is 0 Å². The number of nitrogens with one attached hydrogen (secondary N) is 2. The summed E-state index contributed by atoms with van der Waals surface area (Å²) in [6.07, 6.45) is 5.36. The number of hydrogen-bond acceptors (Lipinski definition) is 4. The van der Waals surface area contributed by atoms with Crippen molar-refractivity contribution in [2.75, 3.05) is 0 Å². The van der Waals surface area contributed by atoms with E-state index in [9.17, 15) is 9.59 Å². The Morgan fingerprint density at radius 3 is 2.70 bits per heavy atom. The molecule has 2 heterocycles. The highest BCUT2D eigenvalue weighted by Gasteiger charge is 2.20. The van der Waals surface area contributed by atoms with Crippen LogP contribution < -0.4 is 10.6 Å². The van der Waals surface area contributed by atoms with E-state index in [1.54, 1.807) is 11.3 Å². The van der Waals surface area contributed by atoms with Crippen LogP contribution in [0.25, 0.3) is 10.6 Å². The molecule has 2 aromatic rings. The summed E-state index contributed by atoms with van der Waals surface area (Å²) in [5.74, 6) is 0.245. The first-order valence-corrected chi connectivity index (χ1v) is 8.81. The zero-order valence-corrected chi connectivity index (χ0v) is 13.7. The van der Waals surface area contributed by atoms with E-state index < -0.39 is 11.8 Å². The lowest BCUT2D eigenvalue weighted by molar-refractivity contribution is -0.139. The number of thiophene rings is 1. The topological polar surface area (TPSA) is 71.3 Å². The molecule has 1 saturated carbocycles. The molecule has 0 radical (unpaired) electrons. The molecule has 0 aliphatic heterocycles. The first-order valence-electron chi connectivity index (χ1n) is 7.93. The average molecular weight is 332 g/mol. The van der Waals surface area contributed by atoms with Crippen molar-refractivity contribution in [3.63, 3.8) is 0 Å². The lowest BCUT2D eigenvalue weighted by atomic mass is 9.95. The minimum Gasteiger partial charge on any atom is -0.458 e. The van der Waals surface area contributed by atoms with E-state index in [2.05, 4.69) is 10.6 Å². The number of carbonyl (C=O) groups excluding carboxylic acids is 2. The van der Waals surface area contributed by atoms with E-state index in [0.717, 1.165) is 36.3 Å². The van der Waals surface area contributed by atoms with Crippen LogP contribution in [-0.2, 0) is 16.1 Å². The van der Waals surface area contributed by atoms with Gasteiger partial charge >= 0.3 is 11.8 Å². The van der Waals surface area contributed by atoms with Gasteiger partial charge in [0.25, 0.3) is 0 Å². The Hall–Kier alpha value is -2.08. The lowest BCUT2D eigenvalue weighted by Crippen LogP contribution is -2.44. The summed E-state index contributed by atoms with van der Waals surface area (Å²) in [5, 5.41) is 7.39. The largest absolute Gasteiger partial charge is 0.458 e. The van der Waals surface area contributed by atoms with Crippen LogP contribution in [0.3, 0.4) is 0 Å². The third kappa shape index (κ3) is 4.22. The smallest absolute Gasteiger partial charge is 0.309 e. The molecule has 23 heavy (non-hydrogen) atoms. The molecule has 2 amide bonds. The molecular weight excluding hydrogens is 312 g/mol. The Kier molecular flexibility index (Phi) is 5.12. The Morgan fingerprint density at radius 1 is 1.13 bits per heavy atom. The van der Waals surface area contributed by atoms with Gasteiger partial charge in [-0.25, -0.2) is 0 Å². The summed E-state index contributed by atoms with van der Waals surface area (Å²) in [6, 6.07) is 7.75. The fraction of sp³-hybridized carbons (Fsp3) is 0.412. The molecule has 6 heteroatoms. The fourth-order valence-electron chi connectivity index (χ4n) is 2.77. The van der Waals surface area contributed by atoms with Crippen molar-refractivity contribution in [2.24, 2.45) is 0 Å². The summed E-state index contributed by atoms with van der Waals surface area (Å²) in [7, 11) is 0. The molecule has 0 bridgehead atoms. The van der Waals surface area contributed by atoms with Crippen LogP contribution in [0, 0.1) is 0 Å². The molecule has 5 nitrogen and oxygen atoms in total. The maximum absolute atomic E-state index is 11.9.